The number of alkyl halides is 3. The van der Waals surface area contributed by atoms with Crippen molar-refractivity contribution in [2.45, 2.75) is 56.9 Å². The van der Waals surface area contributed by atoms with Gasteiger partial charge in [0.1, 0.15) is 0 Å². The Labute approximate surface area is 222 Å². The Hall–Kier alpha value is -2.67. The molecule has 206 valence electrons. The number of aryl methyl sites for hydroxylation is 1. The van der Waals surface area contributed by atoms with Gasteiger partial charge in [-0.1, -0.05) is 36.2 Å². The minimum absolute atomic E-state index is 0.0545. The first-order chi connectivity index (χ1) is 17.7. The van der Waals surface area contributed by atoms with Gasteiger partial charge in [0.25, 0.3) is 5.56 Å². The van der Waals surface area contributed by atoms with E-state index in [-0.39, 0.29) is 44.9 Å². The summed E-state index contributed by atoms with van der Waals surface area (Å²) in [6.07, 6.45) is -3.33. The van der Waals surface area contributed by atoms with Crippen molar-refractivity contribution >= 4 is 32.3 Å². The lowest BCUT2D eigenvalue weighted by molar-refractivity contribution is -0.138. The van der Waals surface area contributed by atoms with E-state index in [0.717, 1.165) is 12.8 Å². The predicted octanol–water partition coefficient (Wildman–Crippen LogP) is 3.44. The smallest absolute Gasteiger partial charge is 0.327 e. The van der Waals surface area contributed by atoms with Gasteiger partial charge in [0.15, 0.2) is 9.84 Å². The van der Waals surface area contributed by atoms with E-state index in [0.29, 0.717) is 29.3 Å². The third-order valence-corrected chi connectivity index (χ3v) is 9.05. The Morgan fingerprint density at radius 1 is 1.18 bits per heavy atom. The number of nitrogens with zero attached hydrogens (tertiary/aromatic N) is 2. The number of rotatable bonds is 6. The molecule has 3 N–H and O–H groups in total. The fraction of sp³-hybridized carbons (Fsp3) is 0.440. The average molecular weight is 573 g/mol. The minimum Gasteiger partial charge on any atom is -0.327 e. The summed E-state index contributed by atoms with van der Waals surface area (Å²) in [6.45, 7) is 3.51. The number of aromatic nitrogens is 2. The summed E-state index contributed by atoms with van der Waals surface area (Å²) in [5.41, 5.74) is 3.39. The molecule has 1 aliphatic heterocycles. The maximum Gasteiger partial charge on any atom is 0.416 e. The highest BCUT2D eigenvalue weighted by Gasteiger charge is 2.36. The number of likely N-dealkylation sites (tertiary alicyclic amines) is 1. The highest BCUT2D eigenvalue weighted by molar-refractivity contribution is 7.91. The second-order valence-electron chi connectivity index (χ2n) is 9.61. The number of hydrogen-bond donors (Lipinski definition) is 2. The fourth-order valence-electron chi connectivity index (χ4n) is 4.86. The number of sulfone groups is 1. The van der Waals surface area contributed by atoms with Crippen LogP contribution in [0, 0.1) is 6.92 Å². The molecule has 38 heavy (non-hydrogen) atoms. The molecule has 8 nitrogen and oxygen atoms in total. The highest BCUT2D eigenvalue weighted by atomic mass is 35.5. The van der Waals surface area contributed by atoms with E-state index in [1.807, 2.05) is 0 Å². The number of H-pyrrole nitrogens is 1. The van der Waals surface area contributed by atoms with Gasteiger partial charge in [0.05, 0.1) is 38.7 Å². The van der Waals surface area contributed by atoms with Crippen LogP contribution in [0.1, 0.15) is 42.0 Å². The van der Waals surface area contributed by atoms with Gasteiger partial charge in [0, 0.05) is 19.1 Å². The molecule has 0 saturated carbocycles. The number of fused-ring (bicyclic) bond motifs is 1. The monoisotopic (exact) mass is 572 g/mol. The lowest BCUT2D eigenvalue weighted by atomic mass is 10.0. The van der Waals surface area contributed by atoms with Gasteiger partial charge in [0.2, 0.25) is 0 Å². The van der Waals surface area contributed by atoms with Crippen LogP contribution in [0.3, 0.4) is 0 Å². The second-order valence-corrected chi connectivity index (χ2v) is 12.2. The summed E-state index contributed by atoms with van der Waals surface area (Å²) in [5, 5.41) is -0.784. The van der Waals surface area contributed by atoms with Crippen molar-refractivity contribution in [2.24, 2.45) is 5.73 Å². The van der Waals surface area contributed by atoms with E-state index in [1.54, 1.807) is 17.9 Å². The Kier molecular flexibility index (Phi) is 7.81. The Bertz CT molecular complexity index is 1620. The van der Waals surface area contributed by atoms with E-state index in [1.165, 1.54) is 19.1 Å². The fourth-order valence-corrected chi connectivity index (χ4v) is 6.28. The van der Waals surface area contributed by atoms with Crippen molar-refractivity contribution in [2.75, 3.05) is 18.8 Å². The van der Waals surface area contributed by atoms with Crippen LogP contribution in [0.4, 0.5) is 13.2 Å². The summed E-state index contributed by atoms with van der Waals surface area (Å²) in [5.74, 6) is -0.207. The molecular weight excluding hydrogens is 545 g/mol. The molecule has 0 bridgehead atoms. The zero-order chi connectivity index (χ0) is 28.0. The number of piperidine rings is 1. The number of halogens is 4. The molecule has 1 aromatic heterocycles. The first-order valence-electron chi connectivity index (χ1n) is 12.1. The molecule has 0 amide bonds. The van der Waals surface area contributed by atoms with E-state index in [4.69, 9.17) is 17.3 Å². The molecule has 4 rings (SSSR count). The maximum absolute atomic E-state index is 14.2. The summed E-state index contributed by atoms with van der Waals surface area (Å²) < 4.78 is 68.4. The van der Waals surface area contributed by atoms with Crippen LogP contribution in [0.25, 0.3) is 10.9 Å². The van der Waals surface area contributed by atoms with Crippen molar-refractivity contribution in [1.29, 1.82) is 0 Å². The number of hydrogen-bond acceptors (Lipinski definition) is 6. The normalized spacial score (nSPS) is 17.3. The zero-order valence-electron chi connectivity index (χ0n) is 20.9. The molecule has 13 heteroatoms. The van der Waals surface area contributed by atoms with Crippen LogP contribution >= 0.6 is 11.6 Å². The van der Waals surface area contributed by atoms with Crippen LogP contribution in [-0.2, 0) is 29.1 Å². The SMILES string of the molecule is CCS(=O)(=O)c1ccc(C)cc1Cn1c(=O)[nH]c2c(Cl)c(CN3CCC[C@@H](N)C3)c(C(F)(F)F)cc2c1=O. The molecule has 0 aliphatic carbocycles. The van der Waals surface area contributed by atoms with Crippen LogP contribution in [0.5, 0.6) is 0 Å². The van der Waals surface area contributed by atoms with Gasteiger partial charge < -0.3 is 10.7 Å². The molecule has 2 aromatic carbocycles. The topological polar surface area (TPSA) is 118 Å². The summed E-state index contributed by atoms with van der Waals surface area (Å²) >= 11 is 6.43. The number of benzene rings is 2. The van der Waals surface area contributed by atoms with E-state index in [2.05, 4.69) is 4.98 Å². The lowest BCUT2D eigenvalue weighted by Gasteiger charge is -2.31. The number of nitrogens with two attached hydrogens (primary N) is 1. The molecule has 0 unspecified atom stereocenters. The first-order valence-corrected chi connectivity index (χ1v) is 14.1. The van der Waals surface area contributed by atoms with Crippen LogP contribution in [-0.4, -0.2) is 47.8 Å². The van der Waals surface area contributed by atoms with Gasteiger partial charge in [-0.05, 0) is 49.6 Å². The molecule has 3 aromatic rings. The molecular formula is C25H28ClF3N4O4S. The third kappa shape index (κ3) is 5.54. The van der Waals surface area contributed by atoms with Gasteiger partial charge >= 0.3 is 11.9 Å². The lowest BCUT2D eigenvalue weighted by Crippen LogP contribution is -2.42. The van der Waals surface area contributed by atoms with Gasteiger partial charge in [-0.15, -0.1) is 0 Å². The van der Waals surface area contributed by atoms with Crippen LogP contribution < -0.4 is 17.0 Å². The predicted molar refractivity (Wildman–Crippen MR) is 139 cm³/mol. The summed E-state index contributed by atoms with van der Waals surface area (Å²) in [6, 6.07) is 5.04. The van der Waals surface area contributed by atoms with Crippen molar-refractivity contribution in [3.8, 4) is 0 Å². The largest absolute Gasteiger partial charge is 0.416 e. The van der Waals surface area contributed by atoms with E-state index in [9.17, 15) is 31.2 Å². The highest BCUT2D eigenvalue weighted by Crippen LogP contribution is 2.39. The Morgan fingerprint density at radius 2 is 1.89 bits per heavy atom. The van der Waals surface area contributed by atoms with Gasteiger partial charge in [-0.3, -0.25) is 14.3 Å². The average Bonchev–Trinajstić information content (AvgIpc) is 2.83. The quantitative estimate of drug-likeness (QED) is 0.467. The maximum atomic E-state index is 14.2. The van der Waals surface area contributed by atoms with E-state index >= 15 is 0 Å². The van der Waals surface area contributed by atoms with Gasteiger partial charge in [-0.25, -0.2) is 13.2 Å². The molecule has 1 fully saturated rings. The zero-order valence-corrected chi connectivity index (χ0v) is 22.4. The first kappa shape index (κ1) is 28.3. The molecule has 1 aliphatic rings. The molecule has 1 saturated heterocycles. The third-order valence-electron chi connectivity index (χ3n) is 6.81. The van der Waals surface area contributed by atoms with Crippen molar-refractivity contribution in [3.63, 3.8) is 0 Å². The summed E-state index contributed by atoms with van der Waals surface area (Å²) in [7, 11) is -3.70. The molecule has 0 spiro atoms. The van der Waals surface area contributed by atoms with E-state index < -0.39 is 44.8 Å². The van der Waals surface area contributed by atoms with Crippen molar-refractivity contribution in [3.05, 3.63) is 72.4 Å². The van der Waals surface area contributed by atoms with Crippen LogP contribution in [0.2, 0.25) is 5.02 Å². The van der Waals surface area contributed by atoms with Crippen molar-refractivity contribution < 1.29 is 21.6 Å². The Balaban J connectivity index is 1.89. The number of nitrogens with one attached hydrogen (secondary N) is 1. The molecule has 1 atom stereocenters. The molecule has 2 heterocycles. The van der Waals surface area contributed by atoms with Gasteiger partial charge in [-0.2, -0.15) is 13.2 Å². The standard InChI is InChI=1S/C25H28ClF3N4O4S/c1-3-38(36,37)20-7-6-14(2)9-15(20)11-33-23(34)17-10-19(25(27,28)29)18(21(26)22(17)31-24(33)35)13-32-8-4-5-16(30)12-32/h6-7,9-10,16H,3-5,8,11-13,30H2,1-2H3,(H,31,35)/t16-/m1/s1. The summed E-state index contributed by atoms with van der Waals surface area (Å²) in [4.78, 5) is 30.6. The minimum atomic E-state index is -4.82. The molecule has 0 radical (unpaired) electrons. The van der Waals surface area contributed by atoms with Crippen molar-refractivity contribution in [1.82, 2.24) is 14.5 Å². The number of aromatic amines is 1. The second kappa shape index (κ2) is 10.5. The van der Waals surface area contributed by atoms with Crippen LogP contribution in [0.15, 0.2) is 38.8 Å². The Morgan fingerprint density at radius 3 is 2.53 bits per heavy atom.